The van der Waals surface area contributed by atoms with Gasteiger partial charge >= 0.3 is 0 Å². The first-order valence-corrected chi connectivity index (χ1v) is 9.79. The summed E-state index contributed by atoms with van der Waals surface area (Å²) in [6.07, 6.45) is 3.84. The third kappa shape index (κ3) is 5.02. The number of ether oxygens (including phenoxy) is 1. The molecule has 0 aliphatic carbocycles. The molecular formula is C18H21ClN4O2S. The number of benzene rings is 1. The lowest BCUT2D eigenvalue weighted by atomic mass is 10.3. The van der Waals surface area contributed by atoms with Crippen molar-refractivity contribution in [2.45, 2.75) is 11.3 Å². The van der Waals surface area contributed by atoms with Crippen LogP contribution in [0.1, 0.15) is 6.42 Å². The lowest BCUT2D eigenvalue weighted by Gasteiger charge is -2.35. The van der Waals surface area contributed by atoms with Gasteiger partial charge in [-0.15, -0.1) is 11.8 Å². The minimum atomic E-state index is 0.197. The van der Waals surface area contributed by atoms with Crippen molar-refractivity contribution in [3.63, 3.8) is 0 Å². The molecule has 0 atom stereocenters. The summed E-state index contributed by atoms with van der Waals surface area (Å²) in [6.45, 7) is 2.89. The van der Waals surface area contributed by atoms with E-state index in [1.807, 2.05) is 29.2 Å². The summed E-state index contributed by atoms with van der Waals surface area (Å²) >= 11 is 7.56. The van der Waals surface area contributed by atoms with E-state index >= 15 is 0 Å². The van der Waals surface area contributed by atoms with E-state index in [1.54, 1.807) is 31.3 Å². The number of carbonyl (C=O) groups excluding carboxylic acids is 1. The first kappa shape index (κ1) is 18.8. The monoisotopic (exact) mass is 392 g/mol. The van der Waals surface area contributed by atoms with Crippen LogP contribution in [0.5, 0.6) is 5.88 Å². The molecule has 0 spiro atoms. The number of piperazine rings is 1. The third-order valence-electron chi connectivity index (χ3n) is 4.16. The van der Waals surface area contributed by atoms with Crippen molar-refractivity contribution in [2.75, 3.05) is 43.9 Å². The van der Waals surface area contributed by atoms with E-state index in [1.165, 1.54) is 0 Å². The number of methoxy groups -OCH3 is 1. The minimum Gasteiger partial charge on any atom is -0.480 e. The number of thioether (sulfide) groups is 1. The van der Waals surface area contributed by atoms with Crippen molar-refractivity contribution >= 4 is 35.1 Å². The number of halogens is 1. The molecule has 138 valence electrons. The third-order valence-corrected chi connectivity index (χ3v) is 5.43. The molecule has 2 aromatic rings. The first-order chi connectivity index (χ1) is 12.7. The average molecular weight is 393 g/mol. The number of hydrogen-bond acceptors (Lipinski definition) is 6. The van der Waals surface area contributed by atoms with Gasteiger partial charge in [-0.3, -0.25) is 9.78 Å². The number of carbonyl (C=O) groups is 1. The number of rotatable bonds is 6. The van der Waals surface area contributed by atoms with E-state index in [0.717, 1.165) is 34.6 Å². The molecule has 1 aliphatic rings. The van der Waals surface area contributed by atoms with E-state index in [-0.39, 0.29) is 5.91 Å². The molecule has 3 rings (SSSR count). The van der Waals surface area contributed by atoms with Gasteiger partial charge in [0.1, 0.15) is 0 Å². The number of anilines is 1. The lowest BCUT2D eigenvalue weighted by Crippen LogP contribution is -2.49. The Balaban J connectivity index is 1.43. The number of hydrogen-bond donors (Lipinski definition) is 0. The van der Waals surface area contributed by atoms with Crippen LogP contribution in [0.3, 0.4) is 0 Å². The molecule has 1 aromatic heterocycles. The van der Waals surface area contributed by atoms with Crippen LogP contribution in [0.2, 0.25) is 5.02 Å². The van der Waals surface area contributed by atoms with Crippen molar-refractivity contribution in [1.82, 2.24) is 14.9 Å². The molecule has 1 saturated heterocycles. The summed E-state index contributed by atoms with van der Waals surface area (Å²) in [4.78, 5) is 26.1. The van der Waals surface area contributed by atoms with Gasteiger partial charge in [-0.25, -0.2) is 0 Å². The van der Waals surface area contributed by atoms with E-state index in [2.05, 4.69) is 14.9 Å². The number of amides is 1. The van der Waals surface area contributed by atoms with Gasteiger partial charge in [0.15, 0.2) is 5.82 Å². The van der Waals surface area contributed by atoms with Crippen molar-refractivity contribution in [1.29, 1.82) is 0 Å². The maximum Gasteiger partial charge on any atom is 0.233 e. The zero-order chi connectivity index (χ0) is 18.4. The van der Waals surface area contributed by atoms with Crippen LogP contribution >= 0.6 is 23.4 Å². The Hall–Kier alpha value is -1.99. The summed E-state index contributed by atoms with van der Waals surface area (Å²) in [5.74, 6) is 2.25. The molecule has 2 heterocycles. The van der Waals surface area contributed by atoms with Crippen molar-refractivity contribution in [3.8, 4) is 5.88 Å². The van der Waals surface area contributed by atoms with Crippen LogP contribution in [0.25, 0.3) is 0 Å². The highest BCUT2D eigenvalue weighted by molar-refractivity contribution is 7.99. The van der Waals surface area contributed by atoms with Crippen LogP contribution in [-0.4, -0.2) is 59.8 Å². The van der Waals surface area contributed by atoms with Gasteiger partial charge in [-0.05, 0) is 24.3 Å². The zero-order valence-corrected chi connectivity index (χ0v) is 16.2. The molecule has 0 bridgehead atoms. The predicted molar refractivity (Wildman–Crippen MR) is 104 cm³/mol. The Bertz CT molecular complexity index is 736. The smallest absolute Gasteiger partial charge is 0.233 e. The van der Waals surface area contributed by atoms with Gasteiger partial charge in [0.25, 0.3) is 0 Å². The molecule has 1 amide bonds. The van der Waals surface area contributed by atoms with Crippen LogP contribution in [-0.2, 0) is 4.79 Å². The van der Waals surface area contributed by atoms with Crippen LogP contribution in [0.4, 0.5) is 5.82 Å². The number of nitrogens with zero attached hydrogens (tertiary/aromatic N) is 4. The SMILES string of the molecule is COc1cncc(N2CCN(C(=O)CCSc3ccc(Cl)cc3)CC2)n1. The highest BCUT2D eigenvalue weighted by Crippen LogP contribution is 2.22. The fourth-order valence-corrected chi connectivity index (χ4v) is 3.69. The van der Waals surface area contributed by atoms with Crippen molar-refractivity contribution in [3.05, 3.63) is 41.7 Å². The molecular weight excluding hydrogens is 372 g/mol. The van der Waals surface area contributed by atoms with E-state index < -0.39 is 0 Å². The standard InChI is InChI=1S/C18H21ClN4O2S/c1-25-17-13-20-12-16(21-17)22-7-9-23(10-8-22)18(24)6-11-26-15-4-2-14(19)3-5-15/h2-5,12-13H,6-11H2,1H3. The largest absolute Gasteiger partial charge is 0.480 e. The van der Waals surface area contributed by atoms with Gasteiger partial charge in [0.05, 0.1) is 19.5 Å². The fourth-order valence-electron chi connectivity index (χ4n) is 2.72. The molecule has 6 nitrogen and oxygen atoms in total. The summed E-state index contributed by atoms with van der Waals surface area (Å²) in [6, 6.07) is 7.69. The molecule has 0 unspecified atom stereocenters. The van der Waals surface area contributed by atoms with Gasteiger partial charge in [-0.1, -0.05) is 11.6 Å². The van der Waals surface area contributed by atoms with Gasteiger partial charge in [-0.2, -0.15) is 4.98 Å². The number of aromatic nitrogens is 2. The highest BCUT2D eigenvalue weighted by Gasteiger charge is 2.22. The van der Waals surface area contributed by atoms with Gasteiger partial charge in [0.2, 0.25) is 11.8 Å². The molecule has 1 fully saturated rings. The molecule has 8 heteroatoms. The van der Waals surface area contributed by atoms with E-state index in [0.29, 0.717) is 25.4 Å². The maximum atomic E-state index is 12.4. The molecule has 1 aliphatic heterocycles. The van der Waals surface area contributed by atoms with Crippen molar-refractivity contribution < 1.29 is 9.53 Å². The molecule has 0 N–H and O–H groups in total. The second kappa shape index (κ2) is 9.09. The molecule has 0 saturated carbocycles. The van der Waals surface area contributed by atoms with Crippen LogP contribution in [0.15, 0.2) is 41.6 Å². The summed E-state index contributed by atoms with van der Waals surface area (Å²) in [7, 11) is 1.58. The van der Waals surface area contributed by atoms with Gasteiger partial charge in [0, 0.05) is 48.3 Å². The van der Waals surface area contributed by atoms with Crippen LogP contribution < -0.4 is 9.64 Å². The van der Waals surface area contributed by atoms with Crippen molar-refractivity contribution in [2.24, 2.45) is 0 Å². The quantitative estimate of drug-likeness (QED) is 0.704. The van der Waals surface area contributed by atoms with Crippen LogP contribution in [0, 0.1) is 0 Å². The molecule has 0 radical (unpaired) electrons. The fraction of sp³-hybridized carbons (Fsp3) is 0.389. The Kier molecular flexibility index (Phi) is 6.57. The summed E-state index contributed by atoms with van der Waals surface area (Å²) in [5.41, 5.74) is 0. The Morgan fingerprint density at radius 2 is 1.92 bits per heavy atom. The summed E-state index contributed by atoms with van der Waals surface area (Å²) < 4.78 is 5.12. The molecule has 1 aromatic carbocycles. The second-order valence-corrected chi connectivity index (χ2v) is 7.44. The lowest BCUT2D eigenvalue weighted by molar-refractivity contribution is -0.131. The van der Waals surface area contributed by atoms with E-state index in [4.69, 9.17) is 16.3 Å². The molecule has 26 heavy (non-hydrogen) atoms. The normalized spacial score (nSPS) is 14.4. The average Bonchev–Trinajstić information content (AvgIpc) is 2.69. The Labute approximate surface area is 162 Å². The second-order valence-electron chi connectivity index (χ2n) is 5.84. The highest BCUT2D eigenvalue weighted by atomic mass is 35.5. The topological polar surface area (TPSA) is 58.6 Å². The summed E-state index contributed by atoms with van der Waals surface area (Å²) in [5, 5.41) is 0.726. The Morgan fingerprint density at radius 3 is 2.62 bits per heavy atom. The zero-order valence-electron chi connectivity index (χ0n) is 14.6. The van der Waals surface area contributed by atoms with E-state index in [9.17, 15) is 4.79 Å². The predicted octanol–water partition coefficient (Wildman–Crippen LogP) is 2.97. The minimum absolute atomic E-state index is 0.197. The van der Waals surface area contributed by atoms with Gasteiger partial charge < -0.3 is 14.5 Å². The Morgan fingerprint density at radius 1 is 1.19 bits per heavy atom. The maximum absolute atomic E-state index is 12.4. The first-order valence-electron chi connectivity index (χ1n) is 8.43.